The molecule has 0 fully saturated rings. The second-order valence-electron chi connectivity index (χ2n) is 5.46. The molecule has 0 radical (unpaired) electrons. The number of benzene rings is 1. The Morgan fingerprint density at radius 3 is 2.70 bits per heavy atom. The van der Waals surface area contributed by atoms with Gasteiger partial charge in [0.1, 0.15) is 11.3 Å². The first-order valence-electron chi connectivity index (χ1n) is 7.55. The summed E-state index contributed by atoms with van der Waals surface area (Å²) in [4.78, 5) is 0. The molecule has 3 heteroatoms. The van der Waals surface area contributed by atoms with Crippen LogP contribution in [0.3, 0.4) is 0 Å². The van der Waals surface area contributed by atoms with Crippen molar-refractivity contribution >= 4 is 11.0 Å². The number of hydrogen-bond acceptors (Lipinski definition) is 3. The fourth-order valence-electron chi connectivity index (χ4n) is 2.64. The van der Waals surface area contributed by atoms with Crippen LogP contribution in [0.2, 0.25) is 0 Å². The van der Waals surface area contributed by atoms with E-state index >= 15 is 0 Å². The second kappa shape index (κ2) is 6.91. The quantitative estimate of drug-likeness (QED) is 0.755. The lowest BCUT2D eigenvalue weighted by molar-refractivity contribution is 0.181. The van der Waals surface area contributed by atoms with Crippen molar-refractivity contribution in [1.82, 2.24) is 5.32 Å². The number of aliphatic hydroxyl groups excluding tert-OH is 1. The molecule has 0 saturated heterocycles. The Morgan fingerprint density at radius 1 is 1.25 bits per heavy atom. The number of rotatable bonds is 7. The zero-order valence-corrected chi connectivity index (χ0v) is 12.6. The van der Waals surface area contributed by atoms with E-state index < -0.39 is 0 Å². The molecule has 2 atom stereocenters. The Kier molecular flexibility index (Phi) is 5.21. The monoisotopic (exact) mass is 275 g/mol. The summed E-state index contributed by atoms with van der Waals surface area (Å²) in [5, 5.41) is 14.0. The lowest BCUT2D eigenvalue weighted by Gasteiger charge is -2.13. The van der Waals surface area contributed by atoms with E-state index in [4.69, 9.17) is 4.42 Å². The highest BCUT2D eigenvalue weighted by Gasteiger charge is 2.17. The third-order valence-corrected chi connectivity index (χ3v) is 3.73. The summed E-state index contributed by atoms with van der Waals surface area (Å²) in [6.45, 7) is 7.03. The van der Waals surface area contributed by atoms with E-state index in [2.05, 4.69) is 31.3 Å². The predicted octanol–water partition coefficient (Wildman–Crippen LogP) is 3.81. The maximum absolute atomic E-state index is 9.27. The van der Waals surface area contributed by atoms with E-state index in [0.29, 0.717) is 0 Å². The number of hydrogen-bond donors (Lipinski definition) is 2. The summed E-state index contributed by atoms with van der Waals surface area (Å²) in [5.41, 5.74) is 2.27. The summed E-state index contributed by atoms with van der Waals surface area (Å²) in [5.74, 6) is 1.05. The molecular weight excluding hydrogens is 250 g/mol. The molecule has 0 saturated carbocycles. The molecule has 0 aliphatic carbocycles. The number of aryl methyl sites for hydroxylation is 1. The van der Waals surface area contributed by atoms with Gasteiger partial charge in [0.05, 0.1) is 12.1 Å². The van der Waals surface area contributed by atoms with Gasteiger partial charge in [-0.15, -0.1) is 0 Å². The lowest BCUT2D eigenvalue weighted by Crippen LogP contribution is -2.21. The van der Waals surface area contributed by atoms with Gasteiger partial charge < -0.3 is 14.8 Å². The largest absolute Gasteiger partial charge is 0.459 e. The van der Waals surface area contributed by atoms with Gasteiger partial charge in [0.25, 0.3) is 0 Å². The molecule has 110 valence electrons. The second-order valence-corrected chi connectivity index (χ2v) is 5.46. The minimum atomic E-state index is -0.218. The molecule has 2 rings (SSSR count). The van der Waals surface area contributed by atoms with Crippen molar-refractivity contribution in [3.05, 3.63) is 35.6 Å². The van der Waals surface area contributed by atoms with Gasteiger partial charge >= 0.3 is 0 Å². The van der Waals surface area contributed by atoms with Crippen LogP contribution >= 0.6 is 0 Å². The molecule has 0 aliphatic rings. The summed E-state index contributed by atoms with van der Waals surface area (Å²) >= 11 is 0. The SMILES string of the molecule is CCc1c(C(C)NCCCC(C)O)oc2ccccc12. The zero-order chi connectivity index (χ0) is 14.5. The van der Waals surface area contributed by atoms with Crippen LogP contribution in [0.5, 0.6) is 0 Å². The van der Waals surface area contributed by atoms with Crippen LogP contribution in [-0.4, -0.2) is 17.8 Å². The summed E-state index contributed by atoms with van der Waals surface area (Å²) in [7, 11) is 0. The molecule has 2 N–H and O–H groups in total. The van der Waals surface area contributed by atoms with Crippen molar-refractivity contribution in [2.75, 3.05) is 6.54 Å². The van der Waals surface area contributed by atoms with Gasteiger partial charge in [-0.1, -0.05) is 25.1 Å². The van der Waals surface area contributed by atoms with Gasteiger partial charge in [-0.05, 0) is 45.7 Å². The third kappa shape index (κ3) is 3.41. The number of fused-ring (bicyclic) bond motifs is 1. The van der Waals surface area contributed by atoms with E-state index in [9.17, 15) is 5.11 Å². The molecule has 0 bridgehead atoms. The summed E-state index contributed by atoms with van der Waals surface area (Å²) < 4.78 is 6.02. The van der Waals surface area contributed by atoms with Gasteiger partial charge in [-0.25, -0.2) is 0 Å². The summed E-state index contributed by atoms with van der Waals surface area (Å²) in [6.07, 6.45) is 2.57. The van der Waals surface area contributed by atoms with Crippen LogP contribution in [0.1, 0.15) is 51.0 Å². The highest BCUT2D eigenvalue weighted by Crippen LogP contribution is 2.30. The van der Waals surface area contributed by atoms with Gasteiger partial charge in [0.2, 0.25) is 0 Å². The van der Waals surface area contributed by atoms with Gasteiger partial charge in [-0.2, -0.15) is 0 Å². The minimum Gasteiger partial charge on any atom is -0.459 e. The van der Waals surface area contributed by atoms with E-state index in [1.54, 1.807) is 0 Å². The van der Waals surface area contributed by atoms with E-state index in [0.717, 1.165) is 37.2 Å². The van der Waals surface area contributed by atoms with Crippen LogP contribution < -0.4 is 5.32 Å². The molecule has 2 unspecified atom stereocenters. The number of furan rings is 1. The normalized spacial score (nSPS) is 14.6. The van der Waals surface area contributed by atoms with Crippen molar-refractivity contribution in [2.24, 2.45) is 0 Å². The van der Waals surface area contributed by atoms with E-state index in [-0.39, 0.29) is 12.1 Å². The maximum Gasteiger partial charge on any atom is 0.134 e. The highest BCUT2D eigenvalue weighted by molar-refractivity contribution is 5.82. The molecule has 2 aromatic rings. The van der Waals surface area contributed by atoms with Crippen LogP contribution in [0.25, 0.3) is 11.0 Å². The topological polar surface area (TPSA) is 45.4 Å². The van der Waals surface area contributed by atoms with E-state index in [1.807, 2.05) is 19.1 Å². The zero-order valence-electron chi connectivity index (χ0n) is 12.6. The van der Waals surface area contributed by atoms with Crippen molar-refractivity contribution < 1.29 is 9.52 Å². The molecule has 1 aromatic carbocycles. The Morgan fingerprint density at radius 2 is 2.00 bits per heavy atom. The lowest BCUT2D eigenvalue weighted by atomic mass is 10.0. The first-order valence-corrected chi connectivity index (χ1v) is 7.55. The first-order chi connectivity index (χ1) is 9.63. The molecule has 1 heterocycles. The third-order valence-electron chi connectivity index (χ3n) is 3.73. The van der Waals surface area contributed by atoms with Gasteiger partial charge in [0.15, 0.2) is 0 Å². The molecule has 0 aliphatic heterocycles. The van der Waals surface area contributed by atoms with Crippen molar-refractivity contribution in [3.63, 3.8) is 0 Å². The first kappa shape index (κ1) is 15.1. The number of para-hydroxylation sites is 1. The molecule has 0 spiro atoms. The smallest absolute Gasteiger partial charge is 0.134 e. The van der Waals surface area contributed by atoms with Gasteiger partial charge in [-0.3, -0.25) is 0 Å². The van der Waals surface area contributed by atoms with Crippen LogP contribution in [-0.2, 0) is 6.42 Å². The molecule has 1 aromatic heterocycles. The van der Waals surface area contributed by atoms with Crippen LogP contribution in [0.4, 0.5) is 0 Å². The average molecular weight is 275 g/mol. The van der Waals surface area contributed by atoms with Gasteiger partial charge in [0, 0.05) is 10.9 Å². The standard InChI is InChI=1S/C17H25NO2/c1-4-14-15-9-5-6-10-16(15)20-17(14)13(3)18-11-7-8-12(2)19/h5-6,9-10,12-13,18-19H,4,7-8,11H2,1-3H3. The number of nitrogens with one attached hydrogen (secondary N) is 1. The summed E-state index contributed by atoms with van der Waals surface area (Å²) in [6, 6.07) is 8.42. The highest BCUT2D eigenvalue weighted by atomic mass is 16.3. The van der Waals surface area contributed by atoms with Crippen molar-refractivity contribution in [2.45, 2.75) is 52.2 Å². The fraction of sp³-hybridized carbons (Fsp3) is 0.529. The maximum atomic E-state index is 9.27. The van der Waals surface area contributed by atoms with Crippen LogP contribution in [0.15, 0.2) is 28.7 Å². The Labute approximate surface area is 121 Å². The fourth-order valence-corrected chi connectivity index (χ4v) is 2.64. The molecule has 3 nitrogen and oxygen atoms in total. The van der Waals surface area contributed by atoms with Crippen LogP contribution in [0, 0.1) is 0 Å². The Hall–Kier alpha value is -1.32. The Balaban J connectivity index is 2.07. The number of aliphatic hydroxyl groups is 1. The molecule has 0 amide bonds. The molecule has 20 heavy (non-hydrogen) atoms. The average Bonchev–Trinajstić information content (AvgIpc) is 2.81. The Bertz CT molecular complexity index is 545. The van der Waals surface area contributed by atoms with Crippen molar-refractivity contribution in [3.8, 4) is 0 Å². The minimum absolute atomic E-state index is 0.200. The predicted molar refractivity (Wildman–Crippen MR) is 82.9 cm³/mol. The van der Waals surface area contributed by atoms with E-state index in [1.165, 1.54) is 10.9 Å². The van der Waals surface area contributed by atoms with Crippen molar-refractivity contribution in [1.29, 1.82) is 0 Å². The molecular formula is C17H25NO2.